The summed E-state index contributed by atoms with van der Waals surface area (Å²) in [7, 11) is 1.78. The van der Waals surface area contributed by atoms with Gasteiger partial charge in [-0.15, -0.1) is 0 Å². The van der Waals surface area contributed by atoms with Crippen molar-refractivity contribution in [1.82, 2.24) is 4.90 Å². The highest BCUT2D eigenvalue weighted by atomic mass is 79.9. The van der Waals surface area contributed by atoms with Crippen LogP contribution in [-0.2, 0) is 6.54 Å². The lowest BCUT2D eigenvalue weighted by atomic mass is 10.1. The monoisotopic (exact) mass is 396 g/mol. The van der Waals surface area contributed by atoms with Gasteiger partial charge in [0.2, 0.25) is 0 Å². The molecule has 0 saturated heterocycles. The number of nitrogens with zero attached hydrogens (tertiary/aromatic N) is 1. The second kappa shape index (κ2) is 6.41. The van der Waals surface area contributed by atoms with Crippen LogP contribution in [0, 0.1) is 0 Å². The van der Waals surface area contributed by atoms with Crippen LogP contribution in [0.3, 0.4) is 0 Å². The third-order valence-corrected chi connectivity index (χ3v) is 4.29. The molecule has 2 rings (SSSR count). The largest absolute Gasteiger partial charge is 0.398 e. The number of benzene rings is 2. The number of carbonyl (C=O) groups excluding carboxylic acids is 1. The third kappa shape index (κ3) is 3.41. The molecule has 0 radical (unpaired) electrons. The van der Waals surface area contributed by atoms with Gasteiger partial charge in [0, 0.05) is 23.8 Å². The highest BCUT2D eigenvalue weighted by molar-refractivity contribution is 9.11. The molecule has 20 heavy (non-hydrogen) atoms. The Kier molecular flexibility index (Phi) is 4.83. The molecule has 0 spiro atoms. The second-order valence-electron chi connectivity index (χ2n) is 4.50. The third-order valence-electron chi connectivity index (χ3n) is 2.91. The Morgan fingerprint density at radius 1 is 1.20 bits per heavy atom. The molecule has 3 nitrogen and oxygen atoms in total. The molecular formula is C15H14Br2N2O. The van der Waals surface area contributed by atoms with Crippen molar-refractivity contribution < 1.29 is 4.79 Å². The smallest absolute Gasteiger partial charge is 0.255 e. The van der Waals surface area contributed by atoms with Crippen molar-refractivity contribution in [3.05, 3.63) is 62.5 Å². The van der Waals surface area contributed by atoms with E-state index in [9.17, 15) is 4.79 Å². The number of anilines is 1. The lowest BCUT2D eigenvalue weighted by Crippen LogP contribution is -2.26. The van der Waals surface area contributed by atoms with Crippen LogP contribution in [-0.4, -0.2) is 17.9 Å². The van der Waals surface area contributed by atoms with E-state index in [1.54, 1.807) is 30.1 Å². The van der Waals surface area contributed by atoms with Crippen molar-refractivity contribution in [2.45, 2.75) is 6.54 Å². The number of nitrogen functional groups attached to an aromatic ring is 1. The molecule has 2 aromatic carbocycles. The molecule has 104 valence electrons. The first kappa shape index (κ1) is 15.1. The van der Waals surface area contributed by atoms with Crippen LogP contribution in [0.2, 0.25) is 0 Å². The minimum Gasteiger partial charge on any atom is -0.398 e. The first-order valence-corrected chi connectivity index (χ1v) is 7.61. The Morgan fingerprint density at radius 3 is 2.60 bits per heavy atom. The standard InChI is InChI=1S/C15H14Br2N2O/c1-19(9-10-4-2-5-11(16)8-10)15(20)12-6-3-7-13(18)14(12)17/h2-8H,9,18H2,1H3. The van der Waals surface area contributed by atoms with Gasteiger partial charge in [0.1, 0.15) is 0 Å². The summed E-state index contributed by atoms with van der Waals surface area (Å²) in [5.41, 5.74) is 8.01. The minimum atomic E-state index is -0.0656. The van der Waals surface area contributed by atoms with E-state index in [-0.39, 0.29) is 5.91 Å². The molecule has 2 N–H and O–H groups in total. The van der Waals surface area contributed by atoms with Crippen LogP contribution < -0.4 is 5.73 Å². The van der Waals surface area contributed by atoms with Gasteiger partial charge >= 0.3 is 0 Å². The molecule has 0 saturated carbocycles. The van der Waals surface area contributed by atoms with E-state index in [0.717, 1.165) is 10.0 Å². The minimum absolute atomic E-state index is 0.0656. The summed E-state index contributed by atoms with van der Waals surface area (Å²) in [4.78, 5) is 14.1. The average molecular weight is 398 g/mol. The number of hydrogen-bond donors (Lipinski definition) is 1. The lowest BCUT2D eigenvalue weighted by Gasteiger charge is -2.18. The van der Waals surface area contributed by atoms with Crippen molar-refractivity contribution in [2.75, 3.05) is 12.8 Å². The number of carbonyl (C=O) groups is 1. The van der Waals surface area contributed by atoms with Crippen molar-refractivity contribution in [1.29, 1.82) is 0 Å². The molecule has 0 aliphatic rings. The Morgan fingerprint density at radius 2 is 1.90 bits per heavy atom. The van der Waals surface area contributed by atoms with E-state index in [1.165, 1.54) is 0 Å². The van der Waals surface area contributed by atoms with Gasteiger partial charge in [-0.1, -0.05) is 34.1 Å². The second-order valence-corrected chi connectivity index (χ2v) is 6.21. The SMILES string of the molecule is CN(Cc1cccc(Br)c1)C(=O)c1cccc(N)c1Br. The normalized spacial score (nSPS) is 10.3. The molecule has 0 aromatic heterocycles. The fraction of sp³-hybridized carbons (Fsp3) is 0.133. The first-order chi connectivity index (χ1) is 9.49. The van der Waals surface area contributed by atoms with Crippen LogP contribution >= 0.6 is 31.9 Å². The molecule has 5 heteroatoms. The maximum atomic E-state index is 12.4. The molecule has 1 amide bonds. The van der Waals surface area contributed by atoms with Gasteiger partial charge in [-0.05, 0) is 45.8 Å². The summed E-state index contributed by atoms with van der Waals surface area (Å²) in [5.74, 6) is -0.0656. The van der Waals surface area contributed by atoms with Gasteiger partial charge in [0.15, 0.2) is 0 Å². The summed E-state index contributed by atoms with van der Waals surface area (Å²) in [6.07, 6.45) is 0. The van der Waals surface area contributed by atoms with E-state index in [0.29, 0.717) is 22.3 Å². The van der Waals surface area contributed by atoms with E-state index < -0.39 is 0 Å². The van der Waals surface area contributed by atoms with Crippen LogP contribution in [0.5, 0.6) is 0 Å². The Hall–Kier alpha value is -1.33. The fourth-order valence-electron chi connectivity index (χ4n) is 1.90. The van der Waals surface area contributed by atoms with Crippen molar-refractivity contribution in [3.8, 4) is 0 Å². The van der Waals surface area contributed by atoms with E-state index in [4.69, 9.17) is 5.73 Å². The van der Waals surface area contributed by atoms with Crippen molar-refractivity contribution >= 4 is 43.5 Å². The predicted octanol–water partition coefficient (Wildman–Crippen LogP) is 4.07. The number of amides is 1. The van der Waals surface area contributed by atoms with E-state index in [2.05, 4.69) is 31.9 Å². The molecule has 0 unspecified atom stereocenters. The Labute approximate surface area is 135 Å². The topological polar surface area (TPSA) is 46.3 Å². The zero-order chi connectivity index (χ0) is 14.7. The predicted molar refractivity (Wildman–Crippen MR) is 88.5 cm³/mol. The van der Waals surface area contributed by atoms with Crippen LogP contribution in [0.15, 0.2) is 51.4 Å². The molecule has 0 atom stereocenters. The average Bonchev–Trinajstić information content (AvgIpc) is 2.41. The van der Waals surface area contributed by atoms with Gasteiger partial charge in [0.25, 0.3) is 5.91 Å². The Bertz CT molecular complexity index is 644. The van der Waals surface area contributed by atoms with Crippen molar-refractivity contribution in [2.24, 2.45) is 0 Å². The number of nitrogens with two attached hydrogens (primary N) is 1. The van der Waals surface area contributed by atoms with Crippen molar-refractivity contribution in [3.63, 3.8) is 0 Å². The van der Waals surface area contributed by atoms with Gasteiger partial charge in [-0.2, -0.15) is 0 Å². The fourth-order valence-corrected chi connectivity index (χ4v) is 2.78. The molecule has 0 heterocycles. The zero-order valence-corrected chi connectivity index (χ0v) is 14.1. The maximum absolute atomic E-state index is 12.4. The molecule has 0 aliphatic carbocycles. The lowest BCUT2D eigenvalue weighted by molar-refractivity contribution is 0.0784. The van der Waals surface area contributed by atoms with E-state index >= 15 is 0 Å². The number of rotatable bonds is 3. The molecule has 0 fully saturated rings. The van der Waals surface area contributed by atoms with Crippen LogP contribution in [0.1, 0.15) is 15.9 Å². The number of hydrogen-bond acceptors (Lipinski definition) is 2. The van der Waals surface area contributed by atoms with Gasteiger partial charge in [-0.3, -0.25) is 4.79 Å². The molecular weight excluding hydrogens is 384 g/mol. The van der Waals surface area contributed by atoms with Crippen LogP contribution in [0.25, 0.3) is 0 Å². The Balaban J connectivity index is 2.19. The summed E-state index contributed by atoms with van der Waals surface area (Å²) >= 11 is 6.79. The summed E-state index contributed by atoms with van der Waals surface area (Å²) in [6.45, 7) is 0.541. The summed E-state index contributed by atoms with van der Waals surface area (Å²) < 4.78 is 1.65. The quantitative estimate of drug-likeness (QED) is 0.793. The molecule has 0 aliphatic heterocycles. The highest BCUT2D eigenvalue weighted by Gasteiger charge is 2.16. The first-order valence-electron chi connectivity index (χ1n) is 6.03. The van der Waals surface area contributed by atoms with E-state index in [1.807, 2.05) is 24.3 Å². The maximum Gasteiger partial charge on any atom is 0.255 e. The number of halogens is 2. The van der Waals surface area contributed by atoms with Gasteiger partial charge in [-0.25, -0.2) is 0 Å². The highest BCUT2D eigenvalue weighted by Crippen LogP contribution is 2.25. The van der Waals surface area contributed by atoms with Crippen LogP contribution in [0.4, 0.5) is 5.69 Å². The van der Waals surface area contributed by atoms with Gasteiger partial charge in [0.05, 0.1) is 10.0 Å². The van der Waals surface area contributed by atoms with Gasteiger partial charge < -0.3 is 10.6 Å². The molecule has 2 aromatic rings. The molecule has 0 bridgehead atoms. The summed E-state index contributed by atoms with van der Waals surface area (Å²) in [6, 6.07) is 13.2. The summed E-state index contributed by atoms with van der Waals surface area (Å²) in [5, 5.41) is 0. The zero-order valence-electron chi connectivity index (χ0n) is 10.9.